The van der Waals surface area contributed by atoms with E-state index in [2.05, 4.69) is 47.6 Å². The Labute approximate surface area is 247 Å². The van der Waals surface area contributed by atoms with Crippen molar-refractivity contribution in [1.82, 2.24) is 5.06 Å². The van der Waals surface area contributed by atoms with Crippen molar-refractivity contribution in [3.63, 3.8) is 0 Å². The number of amides is 1. The van der Waals surface area contributed by atoms with Crippen LogP contribution >= 0.6 is 0 Å². The zero-order valence-corrected chi connectivity index (χ0v) is 26.8. The molecule has 6 heteroatoms. The molecule has 0 saturated heterocycles. The molecule has 4 saturated carbocycles. The van der Waals surface area contributed by atoms with E-state index in [4.69, 9.17) is 16.0 Å². The van der Waals surface area contributed by atoms with E-state index in [1.165, 1.54) is 19.6 Å². The van der Waals surface area contributed by atoms with Gasteiger partial charge in [0.2, 0.25) is 0 Å². The molecule has 5 aliphatic carbocycles. The fourth-order valence-corrected chi connectivity index (χ4v) is 11.2. The fraction of sp³-hybridized carbons (Fsp3) is 0.800. The van der Waals surface area contributed by atoms with Gasteiger partial charge in [-0.15, -0.1) is 5.06 Å². The Hall–Kier alpha value is -2.13. The minimum absolute atomic E-state index is 0.0494. The predicted octanol–water partition coefficient (Wildman–Crippen LogP) is 6.88. The van der Waals surface area contributed by atoms with Crippen LogP contribution in [-0.4, -0.2) is 35.9 Å². The monoisotopic (exact) mass is 565 g/mol. The molecule has 1 unspecified atom stereocenters. The second-order valence-electron chi connectivity index (χ2n) is 16.1. The number of hydrogen-bond donors (Lipinski definition) is 0. The van der Waals surface area contributed by atoms with Crippen LogP contribution in [0.2, 0.25) is 0 Å². The van der Waals surface area contributed by atoms with E-state index in [1.807, 2.05) is 13.0 Å². The van der Waals surface area contributed by atoms with E-state index in [-0.39, 0.29) is 62.7 Å². The minimum atomic E-state index is -0.644. The topological polar surface area (TPSA) is 72.9 Å². The van der Waals surface area contributed by atoms with Crippen LogP contribution in [0.4, 0.5) is 0 Å². The van der Waals surface area contributed by atoms with E-state index < -0.39 is 5.41 Å². The molecule has 41 heavy (non-hydrogen) atoms. The summed E-state index contributed by atoms with van der Waals surface area (Å²) in [6.45, 7) is 17.6. The third kappa shape index (κ3) is 4.04. The molecule has 0 N–H and O–H groups in total. The summed E-state index contributed by atoms with van der Waals surface area (Å²) < 4.78 is 5.85. The van der Waals surface area contributed by atoms with Crippen molar-refractivity contribution >= 4 is 17.7 Å². The van der Waals surface area contributed by atoms with Crippen LogP contribution in [-0.2, 0) is 24.0 Å². The molecule has 0 aromatic heterocycles. The van der Waals surface area contributed by atoms with Crippen molar-refractivity contribution in [2.24, 2.45) is 50.2 Å². The van der Waals surface area contributed by atoms with Gasteiger partial charge in [0.05, 0.1) is 12.5 Å². The highest BCUT2D eigenvalue weighted by Crippen LogP contribution is 2.75. The number of rotatable bonds is 3. The molecule has 0 spiro atoms. The Morgan fingerprint density at radius 1 is 0.976 bits per heavy atom. The summed E-state index contributed by atoms with van der Waals surface area (Å²) in [6, 6.07) is 2.39. The molecule has 1 amide bonds. The standard InChI is InChI=1S/C35H51NO5/c1-11-36(40-10)29(39)32(6)17-16-31(5)18-19-34(8)23(24(31)21-32)20-25(38)28-33(7)14-13-27(41-22(2)37)30(3,4)26(33)12-15-35(28,34)9/h1,20,24,26-28H,12-19,21H2,2-10H3/t24-,26?,27-,28+,31+,32-,33-,34+,35+/m0/s1. The van der Waals surface area contributed by atoms with E-state index in [0.717, 1.165) is 56.4 Å². The van der Waals surface area contributed by atoms with Crippen molar-refractivity contribution in [3.05, 3.63) is 11.6 Å². The maximum Gasteiger partial charge on any atom is 0.302 e. The van der Waals surface area contributed by atoms with Gasteiger partial charge in [0.1, 0.15) is 6.10 Å². The molecule has 0 bridgehead atoms. The SMILES string of the molecule is C#CN(OC)C(=O)[C@@]1(C)CC[C@]2(C)CC[C@]3(C)C(=CC(=O)[C@@H]4[C@@]5(C)CC[C@H](OC(C)=O)C(C)(C)C5CC[C@]43C)[C@@H]2C1. The summed E-state index contributed by atoms with van der Waals surface area (Å²) >= 11 is 0. The molecule has 4 fully saturated rings. The van der Waals surface area contributed by atoms with E-state index >= 15 is 0 Å². The Morgan fingerprint density at radius 3 is 2.24 bits per heavy atom. The zero-order valence-electron chi connectivity index (χ0n) is 26.8. The van der Waals surface area contributed by atoms with Crippen LogP contribution in [0.15, 0.2) is 11.6 Å². The fourth-order valence-electron chi connectivity index (χ4n) is 11.2. The van der Waals surface area contributed by atoms with Crippen molar-refractivity contribution in [1.29, 1.82) is 0 Å². The van der Waals surface area contributed by atoms with Crippen LogP contribution in [0.5, 0.6) is 0 Å². The lowest BCUT2D eigenvalue weighted by Gasteiger charge is -2.70. The molecule has 0 aromatic carbocycles. The smallest absolute Gasteiger partial charge is 0.302 e. The molecule has 0 aliphatic heterocycles. The minimum Gasteiger partial charge on any atom is -0.462 e. The third-order valence-electron chi connectivity index (χ3n) is 13.8. The van der Waals surface area contributed by atoms with Gasteiger partial charge in [0, 0.05) is 24.3 Å². The Balaban J connectivity index is 1.55. The Bertz CT molecular complexity index is 1230. The zero-order chi connectivity index (χ0) is 30.4. The lowest BCUT2D eigenvalue weighted by Crippen LogP contribution is -2.66. The molecule has 0 aromatic rings. The molecule has 6 nitrogen and oxygen atoms in total. The number of nitrogens with zero attached hydrogens (tertiary/aromatic N) is 1. The van der Waals surface area contributed by atoms with Gasteiger partial charge < -0.3 is 4.74 Å². The highest BCUT2D eigenvalue weighted by atomic mass is 16.7. The van der Waals surface area contributed by atoms with Crippen molar-refractivity contribution in [2.75, 3.05) is 7.11 Å². The van der Waals surface area contributed by atoms with Gasteiger partial charge in [-0.25, -0.2) is 0 Å². The lowest BCUT2D eigenvalue weighted by molar-refractivity contribution is -0.210. The molecule has 9 atom stereocenters. The quantitative estimate of drug-likeness (QED) is 0.161. The summed E-state index contributed by atoms with van der Waals surface area (Å²) in [5.41, 5.74) is -0.00294. The van der Waals surface area contributed by atoms with E-state index in [1.54, 1.807) is 0 Å². The number of ether oxygens (including phenoxy) is 1. The van der Waals surface area contributed by atoms with Gasteiger partial charge in [-0.05, 0) is 97.4 Å². The summed E-state index contributed by atoms with van der Waals surface area (Å²) in [7, 11) is 1.44. The summed E-state index contributed by atoms with van der Waals surface area (Å²) in [5.74, 6) is 0.236. The number of hydrogen-bond acceptors (Lipinski definition) is 5. The molecular weight excluding hydrogens is 514 g/mol. The van der Waals surface area contributed by atoms with Crippen LogP contribution in [0.25, 0.3) is 0 Å². The second kappa shape index (κ2) is 9.43. The van der Waals surface area contributed by atoms with Crippen molar-refractivity contribution < 1.29 is 24.0 Å². The maximum atomic E-state index is 14.6. The normalized spacial score (nSPS) is 46.4. The van der Waals surface area contributed by atoms with Gasteiger partial charge in [-0.1, -0.05) is 60.5 Å². The summed E-state index contributed by atoms with van der Waals surface area (Å²) in [4.78, 5) is 45.3. The number of esters is 1. The number of carbonyl (C=O) groups is 3. The highest BCUT2D eigenvalue weighted by Gasteiger charge is 2.70. The molecule has 226 valence electrons. The van der Waals surface area contributed by atoms with Gasteiger partial charge in [-0.3, -0.25) is 19.2 Å². The van der Waals surface area contributed by atoms with Crippen molar-refractivity contribution in [2.45, 2.75) is 119 Å². The second-order valence-corrected chi connectivity index (χ2v) is 16.1. The van der Waals surface area contributed by atoms with Gasteiger partial charge in [0.25, 0.3) is 5.91 Å². The molecule has 0 radical (unpaired) electrons. The molecule has 0 heterocycles. The first-order valence-corrected chi connectivity index (χ1v) is 15.7. The Kier molecular flexibility index (Phi) is 6.98. The van der Waals surface area contributed by atoms with Crippen LogP contribution in [0.1, 0.15) is 113 Å². The number of hydroxylamine groups is 2. The van der Waals surface area contributed by atoms with Crippen LogP contribution < -0.4 is 0 Å². The largest absolute Gasteiger partial charge is 0.462 e. The molecular formula is C35H51NO5. The molecule has 5 aliphatic rings. The number of fused-ring (bicyclic) bond motifs is 7. The lowest BCUT2D eigenvalue weighted by atomic mass is 9.33. The molecule has 5 rings (SSSR count). The van der Waals surface area contributed by atoms with Crippen LogP contribution in [0, 0.1) is 62.7 Å². The number of ketones is 1. The maximum absolute atomic E-state index is 14.6. The predicted molar refractivity (Wildman–Crippen MR) is 158 cm³/mol. The van der Waals surface area contributed by atoms with Gasteiger partial charge in [-0.2, -0.15) is 0 Å². The average molecular weight is 566 g/mol. The summed E-state index contributed by atoms with van der Waals surface area (Å²) in [5, 5.41) is 1.04. The number of terminal acetylenes is 1. The summed E-state index contributed by atoms with van der Waals surface area (Å²) in [6.07, 6.45) is 15.7. The first kappa shape index (κ1) is 30.3. The van der Waals surface area contributed by atoms with Crippen molar-refractivity contribution in [3.8, 4) is 12.5 Å². The third-order valence-corrected chi connectivity index (χ3v) is 13.8. The first-order chi connectivity index (χ1) is 18.9. The van der Waals surface area contributed by atoms with E-state index in [9.17, 15) is 14.4 Å². The number of allylic oxidation sites excluding steroid dienone is 2. The number of carbonyl (C=O) groups excluding carboxylic acids is 3. The first-order valence-electron chi connectivity index (χ1n) is 15.7. The van der Waals surface area contributed by atoms with Gasteiger partial charge in [0.15, 0.2) is 5.78 Å². The average Bonchev–Trinajstić information content (AvgIpc) is 2.88. The Morgan fingerprint density at radius 2 is 1.63 bits per heavy atom. The highest BCUT2D eigenvalue weighted by molar-refractivity contribution is 5.95. The van der Waals surface area contributed by atoms with Gasteiger partial charge >= 0.3 is 5.97 Å². The van der Waals surface area contributed by atoms with E-state index in [0.29, 0.717) is 12.3 Å². The van der Waals surface area contributed by atoms with Crippen LogP contribution in [0.3, 0.4) is 0 Å².